The van der Waals surface area contributed by atoms with E-state index in [1.54, 1.807) is 25.2 Å². The Bertz CT molecular complexity index is 154. The first kappa shape index (κ1) is 10.1. The van der Waals surface area contributed by atoms with Gasteiger partial charge in [0.15, 0.2) is 0 Å². The molecule has 0 aromatic rings. The molecule has 0 radical (unpaired) electrons. The van der Waals surface area contributed by atoms with Crippen LogP contribution in [0.25, 0.3) is 0 Å². The Morgan fingerprint density at radius 3 is 2.55 bits per heavy atom. The second kappa shape index (κ2) is 4.87. The number of ketones is 1. The van der Waals surface area contributed by atoms with Crippen molar-refractivity contribution in [2.75, 3.05) is 21.2 Å². The molecule has 0 heterocycles. The first-order chi connectivity index (χ1) is 5.07. The fourth-order valence-corrected chi connectivity index (χ4v) is 0.421. The molecule has 0 saturated carbocycles. The molecule has 0 spiro atoms. The minimum atomic E-state index is -1.34. The van der Waals surface area contributed by atoms with Crippen molar-refractivity contribution < 1.29 is 14.6 Å². The Morgan fingerprint density at radius 2 is 2.18 bits per heavy atom. The standard InChI is InChI=1S/C7H13NO3/c1-8(2)5-4-6(9)7(10)11-3/h4-5,7,10H,1-3H3/b5-4+. The summed E-state index contributed by atoms with van der Waals surface area (Å²) in [5.74, 6) is -0.457. The molecule has 0 bridgehead atoms. The summed E-state index contributed by atoms with van der Waals surface area (Å²) in [6, 6.07) is 0. The minimum Gasteiger partial charge on any atom is -0.383 e. The summed E-state index contributed by atoms with van der Waals surface area (Å²) >= 11 is 0. The van der Waals surface area contributed by atoms with Gasteiger partial charge in [-0.3, -0.25) is 4.79 Å². The zero-order chi connectivity index (χ0) is 8.85. The molecule has 0 aromatic heterocycles. The summed E-state index contributed by atoms with van der Waals surface area (Å²) in [6.07, 6.45) is 1.46. The molecule has 64 valence electrons. The van der Waals surface area contributed by atoms with Crippen molar-refractivity contribution in [2.24, 2.45) is 0 Å². The highest BCUT2D eigenvalue weighted by molar-refractivity contribution is 5.92. The first-order valence-electron chi connectivity index (χ1n) is 3.17. The summed E-state index contributed by atoms with van der Waals surface area (Å²) < 4.78 is 4.38. The Labute approximate surface area is 66.1 Å². The maximum absolute atomic E-state index is 10.8. The Kier molecular flexibility index (Phi) is 4.49. The van der Waals surface area contributed by atoms with Crippen molar-refractivity contribution in [2.45, 2.75) is 6.29 Å². The number of rotatable bonds is 4. The molecule has 11 heavy (non-hydrogen) atoms. The van der Waals surface area contributed by atoms with E-state index in [0.29, 0.717) is 0 Å². The summed E-state index contributed by atoms with van der Waals surface area (Å²) in [4.78, 5) is 12.5. The van der Waals surface area contributed by atoms with Crippen LogP contribution in [0.5, 0.6) is 0 Å². The summed E-state index contributed by atoms with van der Waals surface area (Å²) in [5.41, 5.74) is 0. The second-order valence-corrected chi connectivity index (χ2v) is 2.27. The van der Waals surface area contributed by atoms with E-state index in [9.17, 15) is 4.79 Å². The molecule has 0 aliphatic rings. The van der Waals surface area contributed by atoms with Crippen LogP contribution in [0.1, 0.15) is 0 Å². The van der Waals surface area contributed by atoms with Crippen LogP contribution in [0.2, 0.25) is 0 Å². The largest absolute Gasteiger partial charge is 0.383 e. The van der Waals surface area contributed by atoms with E-state index < -0.39 is 12.1 Å². The molecule has 4 nitrogen and oxygen atoms in total. The Hall–Kier alpha value is -0.870. The van der Waals surface area contributed by atoms with E-state index in [2.05, 4.69) is 4.74 Å². The van der Waals surface area contributed by atoms with Crippen LogP contribution in [-0.2, 0) is 9.53 Å². The van der Waals surface area contributed by atoms with Crippen LogP contribution in [0, 0.1) is 0 Å². The number of carbonyl (C=O) groups is 1. The number of aliphatic hydroxyl groups is 1. The van der Waals surface area contributed by atoms with Gasteiger partial charge in [-0.15, -0.1) is 0 Å². The van der Waals surface area contributed by atoms with E-state index >= 15 is 0 Å². The van der Waals surface area contributed by atoms with Crippen LogP contribution < -0.4 is 0 Å². The predicted octanol–water partition coefficient (Wildman–Crippen LogP) is -0.404. The molecule has 0 aliphatic carbocycles. The molecule has 4 heteroatoms. The zero-order valence-corrected chi connectivity index (χ0v) is 6.94. The van der Waals surface area contributed by atoms with Crippen LogP contribution in [0.4, 0.5) is 0 Å². The van der Waals surface area contributed by atoms with E-state index in [4.69, 9.17) is 5.11 Å². The topological polar surface area (TPSA) is 49.8 Å². The molecule has 0 amide bonds. The normalized spacial score (nSPS) is 13.5. The van der Waals surface area contributed by atoms with E-state index in [1.165, 1.54) is 13.2 Å². The number of ether oxygens (including phenoxy) is 1. The van der Waals surface area contributed by atoms with Gasteiger partial charge < -0.3 is 14.7 Å². The van der Waals surface area contributed by atoms with Crippen molar-refractivity contribution in [3.8, 4) is 0 Å². The highest BCUT2D eigenvalue weighted by Crippen LogP contribution is 1.88. The molecular weight excluding hydrogens is 146 g/mol. The molecule has 0 aliphatic heterocycles. The molecule has 0 rings (SSSR count). The van der Waals surface area contributed by atoms with Gasteiger partial charge in [-0.05, 0) is 0 Å². The van der Waals surface area contributed by atoms with Crippen molar-refractivity contribution >= 4 is 5.78 Å². The van der Waals surface area contributed by atoms with Gasteiger partial charge in [0.1, 0.15) is 0 Å². The zero-order valence-electron chi connectivity index (χ0n) is 6.94. The van der Waals surface area contributed by atoms with Crippen LogP contribution in [0.15, 0.2) is 12.3 Å². The first-order valence-corrected chi connectivity index (χ1v) is 3.17. The summed E-state index contributed by atoms with van der Waals surface area (Å²) in [6.45, 7) is 0. The van der Waals surface area contributed by atoms with Gasteiger partial charge in [0.05, 0.1) is 0 Å². The van der Waals surface area contributed by atoms with Crippen LogP contribution >= 0.6 is 0 Å². The van der Waals surface area contributed by atoms with Gasteiger partial charge in [0.2, 0.25) is 12.1 Å². The SMILES string of the molecule is COC(O)C(=O)/C=C/N(C)C. The third-order valence-electron chi connectivity index (χ3n) is 1.00. The molecular formula is C7H13NO3. The van der Waals surface area contributed by atoms with E-state index in [1.807, 2.05) is 0 Å². The quantitative estimate of drug-likeness (QED) is 0.448. The molecule has 1 unspecified atom stereocenters. The van der Waals surface area contributed by atoms with Crippen molar-refractivity contribution in [1.82, 2.24) is 4.90 Å². The number of nitrogens with zero attached hydrogens (tertiary/aromatic N) is 1. The maximum atomic E-state index is 10.8. The van der Waals surface area contributed by atoms with Gasteiger partial charge in [-0.25, -0.2) is 0 Å². The Morgan fingerprint density at radius 1 is 1.64 bits per heavy atom. The molecule has 1 atom stereocenters. The number of hydrogen-bond acceptors (Lipinski definition) is 4. The highest BCUT2D eigenvalue weighted by Gasteiger charge is 2.08. The maximum Gasteiger partial charge on any atom is 0.219 e. The van der Waals surface area contributed by atoms with Crippen molar-refractivity contribution in [3.05, 3.63) is 12.3 Å². The average molecular weight is 159 g/mol. The number of methoxy groups -OCH3 is 1. The lowest BCUT2D eigenvalue weighted by Crippen LogP contribution is -2.20. The van der Waals surface area contributed by atoms with E-state index in [0.717, 1.165) is 0 Å². The van der Waals surface area contributed by atoms with Gasteiger partial charge >= 0.3 is 0 Å². The lowest BCUT2D eigenvalue weighted by molar-refractivity contribution is -0.144. The summed E-state index contributed by atoms with van der Waals surface area (Å²) in [5, 5.41) is 8.80. The predicted molar refractivity (Wildman–Crippen MR) is 40.8 cm³/mol. The molecule has 0 saturated heterocycles. The van der Waals surface area contributed by atoms with Crippen molar-refractivity contribution in [1.29, 1.82) is 0 Å². The van der Waals surface area contributed by atoms with Crippen LogP contribution in [0.3, 0.4) is 0 Å². The lowest BCUT2D eigenvalue weighted by atomic mass is 10.4. The fraction of sp³-hybridized carbons (Fsp3) is 0.571. The third kappa shape index (κ3) is 4.52. The monoisotopic (exact) mass is 159 g/mol. The van der Waals surface area contributed by atoms with Gasteiger partial charge in [-0.2, -0.15) is 0 Å². The van der Waals surface area contributed by atoms with Crippen LogP contribution in [-0.4, -0.2) is 43.3 Å². The second-order valence-electron chi connectivity index (χ2n) is 2.27. The smallest absolute Gasteiger partial charge is 0.219 e. The molecule has 0 fully saturated rings. The third-order valence-corrected chi connectivity index (χ3v) is 1.00. The van der Waals surface area contributed by atoms with Gasteiger partial charge in [-0.1, -0.05) is 0 Å². The lowest BCUT2D eigenvalue weighted by Gasteiger charge is -2.05. The number of aliphatic hydroxyl groups excluding tert-OH is 1. The highest BCUT2D eigenvalue weighted by atomic mass is 16.6. The van der Waals surface area contributed by atoms with Gasteiger partial charge in [0.25, 0.3) is 0 Å². The molecule has 1 N–H and O–H groups in total. The Balaban J connectivity index is 3.86. The summed E-state index contributed by atoms with van der Waals surface area (Å²) in [7, 11) is 4.83. The minimum absolute atomic E-state index is 0.457. The molecule has 0 aromatic carbocycles. The van der Waals surface area contributed by atoms with E-state index in [-0.39, 0.29) is 0 Å². The van der Waals surface area contributed by atoms with Crippen molar-refractivity contribution in [3.63, 3.8) is 0 Å². The number of hydrogen-bond donors (Lipinski definition) is 1. The number of carbonyl (C=O) groups excluding carboxylic acids is 1. The van der Waals surface area contributed by atoms with Gasteiger partial charge in [0, 0.05) is 33.5 Å². The average Bonchev–Trinajstić information content (AvgIpc) is 1.98. The fourth-order valence-electron chi connectivity index (χ4n) is 0.421.